The van der Waals surface area contributed by atoms with Crippen molar-refractivity contribution >= 4 is 43.4 Å². The molecule has 0 unspecified atom stereocenters. The molecule has 0 spiro atoms. The number of carboxylic acid groups (broad SMARTS) is 2. The zero-order valence-corrected chi connectivity index (χ0v) is 36.0. The van der Waals surface area contributed by atoms with E-state index < -0.39 is 49.0 Å². The number of alkyl halides is 3. The third kappa shape index (κ3) is 14.4. The normalized spacial score (nSPS) is 11.4. The largest absolute Gasteiger partial charge is 0.573 e. The van der Waals surface area contributed by atoms with Crippen LogP contribution in [0.4, 0.5) is 24.5 Å². The van der Waals surface area contributed by atoms with E-state index in [9.17, 15) is 49.8 Å². The van der Waals surface area contributed by atoms with Gasteiger partial charge in [0, 0.05) is 11.4 Å². The van der Waals surface area contributed by atoms with E-state index in [-0.39, 0.29) is 21.7 Å². The zero-order chi connectivity index (χ0) is 46.3. The lowest BCUT2D eigenvalue weighted by Gasteiger charge is -2.15. The Kier molecular flexibility index (Phi) is 16.5. The summed E-state index contributed by atoms with van der Waals surface area (Å²) in [7, 11) is -8.11. The minimum absolute atomic E-state index is 0.149. The first-order chi connectivity index (χ1) is 30.4. The SMILES string of the molecule is CCCCOc1ccc(S(=O)(=O)Nc2cccc(CCc3ccccc3C(=O)O)c2)cc1.O=C(O)c1ccccc1CCc1cccc(NS(=O)(=O)c2ccccc2OC(F)(F)F)c1. The molecule has 0 aliphatic carbocycles. The van der Waals surface area contributed by atoms with Crippen LogP contribution in [0.3, 0.4) is 0 Å². The molecule has 6 aromatic carbocycles. The van der Waals surface area contributed by atoms with Crippen LogP contribution in [-0.2, 0) is 45.7 Å². The third-order valence-electron chi connectivity index (χ3n) is 9.48. The van der Waals surface area contributed by atoms with E-state index in [0.29, 0.717) is 54.9 Å². The van der Waals surface area contributed by atoms with E-state index in [1.165, 1.54) is 42.5 Å². The second-order valence-corrected chi connectivity index (χ2v) is 17.5. The highest BCUT2D eigenvalue weighted by Crippen LogP contribution is 2.31. The predicted octanol–water partition coefficient (Wildman–Crippen LogP) is 10.0. The van der Waals surface area contributed by atoms with Crippen LogP contribution >= 0.6 is 0 Å². The number of nitrogens with one attached hydrogen (secondary N) is 2. The number of carboxylic acids is 2. The standard InChI is InChI=1S/C25H27NO5S.C22H18F3NO5S/c1-2-3-17-31-22-13-15-23(16-14-22)32(29,30)26-21-9-6-7-19(18-21)11-12-20-8-4-5-10-24(20)25(27)28;23-22(24,25)31-19-10-3-4-11-20(19)32(29,30)26-17-8-5-6-15(14-17)12-13-16-7-1-2-9-18(16)21(27)28/h4-10,13-16,18,26H,2-3,11-12,17H2,1H3,(H,27,28);1-11,14,26H,12-13H2,(H,27,28). The summed E-state index contributed by atoms with van der Waals surface area (Å²) in [5.41, 5.74) is 4.07. The molecule has 0 bridgehead atoms. The van der Waals surface area contributed by atoms with Crippen molar-refractivity contribution in [3.05, 3.63) is 179 Å². The first kappa shape index (κ1) is 48.2. The smallest absolute Gasteiger partial charge is 0.494 e. The number of aryl methyl sites for hydroxylation is 4. The number of anilines is 2. The summed E-state index contributed by atoms with van der Waals surface area (Å²) in [6, 6.07) is 37.7. The molecule has 0 heterocycles. The Morgan fingerprint density at radius 2 is 1.08 bits per heavy atom. The molecule has 0 aliphatic rings. The van der Waals surface area contributed by atoms with Crippen LogP contribution in [0.1, 0.15) is 62.7 Å². The molecule has 336 valence electrons. The molecule has 0 saturated carbocycles. The Balaban J connectivity index is 0.000000241. The molecule has 0 saturated heterocycles. The molecule has 0 aliphatic heterocycles. The van der Waals surface area contributed by atoms with Gasteiger partial charge in [0.15, 0.2) is 0 Å². The number of ether oxygens (including phenoxy) is 2. The van der Waals surface area contributed by atoms with Crippen LogP contribution in [0.15, 0.2) is 155 Å². The molecule has 0 atom stereocenters. The van der Waals surface area contributed by atoms with Crippen molar-refractivity contribution in [1.29, 1.82) is 0 Å². The second-order valence-electron chi connectivity index (χ2n) is 14.2. The van der Waals surface area contributed by atoms with Gasteiger partial charge in [0.1, 0.15) is 16.4 Å². The molecule has 4 N–H and O–H groups in total. The number of hydrogen-bond acceptors (Lipinski definition) is 8. The van der Waals surface area contributed by atoms with Crippen molar-refractivity contribution in [2.24, 2.45) is 0 Å². The maximum absolute atomic E-state index is 12.8. The topological polar surface area (TPSA) is 185 Å². The summed E-state index contributed by atoms with van der Waals surface area (Å²) in [6.45, 7) is 2.68. The van der Waals surface area contributed by atoms with Crippen molar-refractivity contribution in [1.82, 2.24) is 0 Å². The number of hydrogen-bond donors (Lipinski definition) is 4. The van der Waals surface area contributed by atoms with E-state index in [2.05, 4.69) is 21.1 Å². The zero-order valence-electron chi connectivity index (χ0n) is 34.4. The average Bonchev–Trinajstić information content (AvgIpc) is 3.25. The van der Waals surface area contributed by atoms with Crippen LogP contribution < -0.4 is 18.9 Å². The monoisotopic (exact) mass is 918 g/mol. The van der Waals surface area contributed by atoms with Gasteiger partial charge in [0.25, 0.3) is 20.0 Å². The van der Waals surface area contributed by atoms with Crippen molar-refractivity contribution in [3.8, 4) is 11.5 Å². The van der Waals surface area contributed by atoms with Crippen molar-refractivity contribution in [2.75, 3.05) is 16.1 Å². The van der Waals surface area contributed by atoms with Gasteiger partial charge in [-0.25, -0.2) is 26.4 Å². The Morgan fingerprint density at radius 3 is 1.58 bits per heavy atom. The average molecular weight is 919 g/mol. The fourth-order valence-corrected chi connectivity index (χ4v) is 8.62. The van der Waals surface area contributed by atoms with Crippen molar-refractivity contribution in [3.63, 3.8) is 0 Å². The molecular formula is C47H45F3N2O10S2. The fraction of sp³-hybridized carbons (Fsp3) is 0.191. The minimum Gasteiger partial charge on any atom is -0.494 e. The van der Waals surface area contributed by atoms with E-state index in [1.807, 2.05) is 12.1 Å². The van der Waals surface area contributed by atoms with Gasteiger partial charge in [-0.05, 0) is 127 Å². The molecule has 0 radical (unpaired) electrons. The molecule has 0 amide bonds. The summed E-state index contributed by atoms with van der Waals surface area (Å²) in [6.07, 6.45) is -1.12. The number of carbonyl (C=O) groups is 2. The van der Waals surface area contributed by atoms with Gasteiger partial charge in [-0.15, -0.1) is 13.2 Å². The van der Waals surface area contributed by atoms with E-state index in [0.717, 1.165) is 36.1 Å². The Bertz CT molecular complexity index is 2770. The number of benzene rings is 6. The fourth-order valence-electron chi connectivity index (χ4n) is 6.39. The first-order valence-electron chi connectivity index (χ1n) is 19.9. The van der Waals surface area contributed by atoms with Crippen LogP contribution in [-0.4, -0.2) is 52.0 Å². The van der Waals surface area contributed by atoms with Crippen LogP contribution in [0, 0.1) is 0 Å². The van der Waals surface area contributed by atoms with E-state index in [4.69, 9.17) is 4.74 Å². The maximum Gasteiger partial charge on any atom is 0.573 e. The van der Waals surface area contributed by atoms with Gasteiger partial charge in [-0.3, -0.25) is 9.44 Å². The minimum atomic E-state index is -5.04. The summed E-state index contributed by atoms with van der Waals surface area (Å²) < 4.78 is 103. The van der Waals surface area contributed by atoms with Gasteiger partial charge < -0.3 is 19.7 Å². The van der Waals surface area contributed by atoms with Crippen molar-refractivity contribution < 1.29 is 59.3 Å². The van der Waals surface area contributed by atoms with Crippen LogP contribution in [0.5, 0.6) is 11.5 Å². The molecule has 6 aromatic rings. The number of halogens is 3. The Labute approximate surface area is 369 Å². The summed E-state index contributed by atoms with van der Waals surface area (Å²) >= 11 is 0. The Morgan fingerprint density at radius 1 is 0.594 bits per heavy atom. The lowest BCUT2D eigenvalue weighted by molar-refractivity contribution is -0.275. The Hall–Kier alpha value is -6.85. The molecule has 17 heteroatoms. The van der Waals surface area contributed by atoms with Gasteiger partial charge >= 0.3 is 18.3 Å². The molecule has 6 rings (SSSR count). The first-order valence-corrected chi connectivity index (χ1v) is 22.8. The van der Waals surface area contributed by atoms with Gasteiger partial charge in [0.2, 0.25) is 0 Å². The maximum atomic E-state index is 12.8. The summed E-state index contributed by atoms with van der Waals surface area (Å²) in [5, 5.41) is 18.6. The molecule has 12 nitrogen and oxygen atoms in total. The lowest BCUT2D eigenvalue weighted by atomic mass is 10.00. The van der Waals surface area contributed by atoms with E-state index in [1.54, 1.807) is 78.9 Å². The summed E-state index contributed by atoms with van der Waals surface area (Å²) in [5.74, 6) is -2.19. The highest BCUT2D eigenvalue weighted by molar-refractivity contribution is 7.93. The van der Waals surface area contributed by atoms with Crippen molar-refractivity contribution in [2.45, 2.75) is 61.6 Å². The van der Waals surface area contributed by atoms with E-state index >= 15 is 0 Å². The molecule has 0 fully saturated rings. The summed E-state index contributed by atoms with van der Waals surface area (Å²) in [4.78, 5) is 22.2. The molecule has 0 aromatic heterocycles. The number of unbranched alkanes of at least 4 members (excludes halogenated alkanes) is 1. The predicted molar refractivity (Wildman–Crippen MR) is 236 cm³/mol. The quantitative estimate of drug-likeness (QED) is 0.0570. The highest BCUT2D eigenvalue weighted by Gasteiger charge is 2.34. The second kappa shape index (κ2) is 22.0. The lowest BCUT2D eigenvalue weighted by Crippen LogP contribution is -2.20. The van der Waals surface area contributed by atoms with Gasteiger partial charge in [-0.1, -0.05) is 86.1 Å². The van der Waals surface area contributed by atoms with Gasteiger partial charge in [-0.2, -0.15) is 0 Å². The van der Waals surface area contributed by atoms with Gasteiger partial charge in [0.05, 0.1) is 22.6 Å². The molecule has 64 heavy (non-hydrogen) atoms. The molecular weight excluding hydrogens is 874 g/mol. The number of sulfonamides is 2. The number of rotatable bonds is 19. The number of para-hydroxylation sites is 1. The number of aromatic carboxylic acids is 2. The highest BCUT2D eigenvalue weighted by atomic mass is 32.2. The third-order valence-corrected chi connectivity index (χ3v) is 12.3. The van der Waals surface area contributed by atoms with Crippen LogP contribution in [0.2, 0.25) is 0 Å². The van der Waals surface area contributed by atoms with Crippen LogP contribution in [0.25, 0.3) is 0 Å².